The zero-order valence-corrected chi connectivity index (χ0v) is 14.6. The summed E-state index contributed by atoms with van der Waals surface area (Å²) in [7, 11) is 0. The van der Waals surface area contributed by atoms with E-state index in [1.807, 2.05) is 37.3 Å². The Morgan fingerprint density at radius 2 is 1.80 bits per heavy atom. The first kappa shape index (κ1) is 19.0. The molecule has 1 aliphatic carbocycles. The predicted octanol–water partition coefficient (Wildman–Crippen LogP) is 2.10. The highest BCUT2D eigenvalue weighted by atomic mass is 16.5. The van der Waals surface area contributed by atoms with E-state index < -0.39 is 5.97 Å². The number of hydrogen-bond acceptors (Lipinski definition) is 4. The Morgan fingerprint density at radius 1 is 1.12 bits per heavy atom. The molecule has 1 aromatic rings. The number of ether oxygens (including phenoxy) is 1. The Balaban J connectivity index is 1.63. The summed E-state index contributed by atoms with van der Waals surface area (Å²) in [5, 5.41) is 5.36. The molecule has 25 heavy (non-hydrogen) atoms. The van der Waals surface area contributed by atoms with Crippen molar-refractivity contribution in [3.63, 3.8) is 0 Å². The van der Waals surface area contributed by atoms with E-state index in [9.17, 15) is 14.4 Å². The molecule has 1 atom stereocenters. The molecule has 6 nitrogen and oxygen atoms in total. The van der Waals surface area contributed by atoms with Gasteiger partial charge in [-0.3, -0.25) is 14.4 Å². The van der Waals surface area contributed by atoms with Crippen LogP contribution in [-0.2, 0) is 19.1 Å². The van der Waals surface area contributed by atoms with Crippen LogP contribution < -0.4 is 10.6 Å². The second kappa shape index (κ2) is 9.81. The maximum atomic E-state index is 11.9. The number of rotatable bonds is 7. The minimum atomic E-state index is -0.605. The Labute approximate surface area is 148 Å². The van der Waals surface area contributed by atoms with E-state index in [0.717, 1.165) is 31.2 Å². The highest BCUT2D eigenvalue weighted by Crippen LogP contribution is 2.23. The number of benzene rings is 1. The highest BCUT2D eigenvalue weighted by molar-refractivity contribution is 5.85. The van der Waals surface area contributed by atoms with Crippen molar-refractivity contribution in [2.75, 3.05) is 13.2 Å². The molecule has 6 heteroatoms. The highest BCUT2D eigenvalue weighted by Gasteiger charge is 2.21. The molecule has 0 bridgehead atoms. The van der Waals surface area contributed by atoms with Gasteiger partial charge in [-0.1, -0.05) is 49.6 Å². The molecule has 1 aliphatic rings. The Kier molecular flexibility index (Phi) is 7.44. The normalized spacial score (nSPS) is 15.9. The number of esters is 1. The third-order valence-corrected chi connectivity index (χ3v) is 4.42. The van der Waals surface area contributed by atoms with Crippen molar-refractivity contribution >= 4 is 17.8 Å². The summed E-state index contributed by atoms with van der Waals surface area (Å²) >= 11 is 0. The van der Waals surface area contributed by atoms with Crippen LogP contribution in [0, 0.1) is 5.92 Å². The summed E-state index contributed by atoms with van der Waals surface area (Å²) in [5.74, 6) is -1.08. The topological polar surface area (TPSA) is 84.5 Å². The molecule has 0 heterocycles. The van der Waals surface area contributed by atoms with E-state index in [1.165, 1.54) is 6.42 Å². The summed E-state index contributed by atoms with van der Waals surface area (Å²) < 4.78 is 4.91. The second-order valence-corrected chi connectivity index (χ2v) is 6.41. The molecular weight excluding hydrogens is 320 g/mol. The lowest BCUT2D eigenvalue weighted by Gasteiger charge is -2.20. The van der Waals surface area contributed by atoms with Crippen molar-refractivity contribution in [2.24, 2.45) is 5.92 Å². The van der Waals surface area contributed by atoms with Gasteiger partial charge in [0.1, 0.15) is 6.54 Å². The van der Waals surface area contributed by atoms with Crippen LogP contribution in [0.3, 0.4) is 0 Å². The van der Waals surface area contributed by atoms with Crippen LogP contribution in [0.2, 0.25) is 0 Å². The van der Waals surface area contributed by atoms with Gasteiger partial charge in [-0.25, -0.2) is 0 Å². The molecule has 0 saturated heterocycles. The van der Waals surface area contributed by atoms with E-state index in [4.69, 9.17) is 4.74 Å². The minimum Gasteiger partial charge on any atom is -0.454 e. The SMILES string of the molecule is C[C@H](NC(=O)COC(=O)CNC(=O)C1CCCCC1)c1ccccc1. The maximum Gasteiger partial charge on any atom is 0.325 e. The summed E-state index contributed by atoms with van der Waals surface area (Å²) in [6, 6.07) is 9.36. The van der Waals surface area contributed by atoms with Gasteiger partial charge in [0.25, 0.3) is 5.91 Å². The van der Waals surface area contributed by atoms with Crippen LogP contribution in [0.15, 0.2) is 30.3 Å². The fourth-order valence-electron chi connectivity index (χ4n) is 2.97. The first-order chi connectivity index (χ1) is 12.1. The van der Waals surface area contributed by atoms with Crippen molar-refractivity contribution in [2.45, 2.75) is 45.1 Å². The lowest BCUT2D eigenvalue weighted by Crippen LogP contribution is -2.37. The fraction of sp³-hybridized carbons (Fsp3) is 0.526. The summed E-state index contributed by atoms with van der Waals surface area (Å²) in [6.07, 6.45) is 5.04. The Bertz CT molecular complexity index is 582. The Morgan fingerprint density at radius 3 is 2.48 bits per heavy atom. The Hall–Kier alpha value is -2.37. The van der Waals surface area contributed by atoms with E-state index in [-0.39, 0.29) is 36.9 Å². The van der Waals surface area contributed by atoms with Crippen LogP contribution in [0.4, 0.5) is 0 Å². The summed E-state index contributed by atoms with van der Waals surface area (Å²) in [4.78, 5) is 35.5. The number of nitrogens with one attached hydrogen (secondary N) is 2. The first-order valence-electron chi connectivity index (χ1n) is 8.84. The number of amides is 2. The number of carbonyl (C=O) groups excluding carboxylic acids is 3. The van der Waals surface area contributed by atoms with Gasteiger partial charge in [-0.2, -0.15) is 0 Å². The molecule has 1 saturated carbocycles. The van der Waals surface area contributed by atoms with E-state index in [1.54, 1.807) is 0 Å². The summed E-state index contributed by atoms with van der Waals surface area (Å²) in [5.41, 5.74) is 0.974. The van der Waals surface area contributed by atoms with Crippen LogP contribution in [0.5, 0.6) is 0 Å². The van der Waals surface area contributed by atoms with Gasteiger partial charge in [-0.15, -0.1) is 0 Å². The number of hydrogen-bond donors (Lipinski definition) is 2. The molecule has 1 fully saturated rings. The standard InChI is InChI=1S/C19H26N2O4/c1-14(15-8-4-2-5-9-15)21-17(22)13-25-18(23)12-20-19(24)16-10-6-3-7-11-16/h2,4-5,8-9,14,16H,3,6-7,10-13H2,1H3,(H,20,24)(H,21,22)/t14-/m0/s1. The van der Waals surface area contributed by atoms with Crippen molar-refractivity contribution in [1.29, 1.82) is 0 Å². The monoisotopic (exact) mass is 346 g/mol. The van der Waals surface area contributed by atoms with Gasteiger partial charge >= 0.3 is 5.97 Å². The van der Waals surface area contributed by atoms with Crippen molar-refractivity contribution in [1.82, 2.24) is 10.6 Å². The molecule has 0 aliphatic heterocycles. The van der Waals surface area contributed by atoms with Crippen molar-refractivity contribution in [3.8, 4) is 0 Å². The largest absolute Gasteiger partial charge is 0.454 e. The third kappa shape index (κ3) is 6.57. The number of carbonyl (C=O) groups is 3. The van der Waals surface area contributed by atoms with Gasteiger partial charge in [0.2, 0.25) is 5.91 Å². The maximum absolute atomic E-state index is 11.9. The van der Waals surface area contributed by atoms with E-state index in [2.05, 4.69) is 10.6 Å². The smallest absolute Gasteiger partial charge is 0.325 e. The van der Waals surface area contributed by atoms with Crippen LogP contribution >= 0.6 is 0 Å². The van der Waals surface area contributed by atoms with Crippen LogP contribution in [-0.4, -0.2) is 30.9 Å². The van der Waals surface area contributed by atoms with Gasteiger partial charge in [-0.05, 0) is 25.3 Å². The van der Waals surface area contributed by atoms with Crippen LogP contribution in [0.1, 0.15) is 50.6 Å². The van der Waals surface area contributed by atoms with Gasteiger partial charge in [0.15, 0.2) is 6.61 Å². The van der Waals surface area contributed by atoms with E-state index in [0.29, 0.717) is 0 Å². The lowest BCUT2D eigenvalue weighted by atomic mass is 9.89. The molecule has 2 amide bonds. The molecule has 0 spiro atoms. The van der Waals surface area contributed by atoms with Crippen molar-refractivity contribution < 1.29 is 19.1 Å². The summed E-state index contributed by atoms with van der Waals surface area (Å²) in [6.45, 7) is 1.31. The van der Waals surface area contributed by atoms with Gasteiger partial charge in [0, 0.05) is 5.92 Å². The van der Waals surface area contributed by atoms with Gasteiger partial charge in [0.05, 0.1) is 6.04 Å². The minimum absolute atomic E-state index is 0.00318. The quantitative estimate of drug-likeness (QED) is 0.741. The van der Waals surface area contributed by atoms with E-state index >= 15 is 0 Å². The average Bonchev–Trinajstić information content (AvgIpc) is 2.65. The predicted molar refractivity (Wildman–Crippen MR) is 93.5 cm³/mol. The molecule has 136 valence electrons. The molecule has 2 rings (SSSR count). The molecule has 0 radical (unpaired) electrons. The molecular formula is C19H26N2O4. The molecule has 1 aromatic carbocycles. The molecule has 0 aromatic heterocycles. The van der Waals surface area contributed by atoms with Gasteiger partial charge < -0.3 is 15.4 Å². The lowest BCUT2D eigenvalue weighted by molar-refractivity contribution is -0.148. The van der Waals surface area contributed by atoms with Crippen molar-refractivity contribution in [3.05, 3.63) is 35.9 Å². The average molecular weight is 346 g/mol. The zero-order valence-electron chi connectivity index (χ0n) is 14.6. The van der Waals surface area contributed by atoms with Crippen LogP contribution in [0.25, 0.3) is 0 Å². The zero-order chi connectivity index (χ0) is 18.1. The fourth-order valence-corrected chi connectivity index (χ4v) is 2.97. The molecule has 2 N–H and O–H groups in total. The third-order valence-electron chi connectivity index (χ3n) is 4.42. The first-order valence-corrected chi connectivity index (χ1v) is 8.84. The molecule has 0 unspecified atom stereocenters. The second-order valence-electron chi connectivity index (χ2n) is 6.41.